The second-order valence-electron chi connectivity index (χ2n) is 6.54. The Hall–Kier alpha value is -0.730. The molecule has 1 aromatic carbocycles. The first-order valence-electron chi connectivity index (χ1n) is 7.14. The predicted molar refractivity (Wildman–Crippen MR) is 76.6 cm³/mol. The molecule has 1 spiro atoms. The zero-order chi connectivity index (χ0) is 13.6. The summed E-state index contributed by atoms with van der Waals surface area (Å²) in [6.45, 7) is 4.56. The molecule has 0 amide bonds. The first-order valence-corrected chi connectivity index (χ1v) is 7.52. The first-order chi connectivity index (χ1) is 8.97. The van der Waals surface area contributed by atoms with Gasteiger partial charge < -0.3 is 9.84 Å². The van der Waals surface area contributed by atoms with Crippen LogP contribution in [-0.2, 0) is 0 Å². The van der Waals surface area contributed by atoms with Crippen molar-refractivity contribution in [2.75, 3.05) is 0 Å². The lowest BCUT2D eigenvalue weighted by Gasteiger charge is -2.47. The van der Waals surface area contributed by atoms with Crippen molar-refractivity contribution in [1.82, 2.24) is 0 Å². The van der Waals surface area contributed by atoms with E-state index in [0.717, 1.165) is 24.2 Å². The highest BCUT2D eigenvalue weighted by Crippen LogP contribution is 2.49. The number of hydrogen-bond donors (Lipinski definition) is 1. The fourth-order valence-corrected chi connectivity index (χ4v) is 4.25. The molecule has 2 nitrogen and oxygen atoms in total. The molecule has 3 heteroatoms. The fourth-order valence-electron chi connectivity index (χ4n) is 4.07. The highest BCUT2D eigenvalue weighted by Gasteiger charge is 2.45. The van der Waals surface area contributed by atoms with Gasteiger partial charge in [0.2, 0.25) is 0 Å². The number of fused-ring (bicyclic) bond motifs is 1. The molecular weight excluding hydrogens is 260 g/mol. The Bertz CT molecular complexity index is 476. The van der Waals surface area contributed by atoms with Gasteiger partial charge in [-0.2, -0.15) is 0 Å². The molecule has 2 aliphatic rings. The van der Waals surface area contributed by atoms with E-state index in [4.69, 9.17) is 16.3 Å². The Kier molecular flexibility index (Phi) is 3.26. The van der Waals surface area contributed by atoms with E-state index in [1.54, 1.807) is 0 Å². The Balaban J connectivity index is 1.94. The molecule has 19 heavy (non-hydrogen) atoms. The Morgan fingerprint density at radius 3 is 2.58 bits per heavy atom. The maximum Gasteiger partial charge on any atom is 0.126 e. The van der Waals surface area contributed by atoms with Crippen LogP contribution in [-0.4, -0.2) is 10.7 Å². The van der Waals surface area contributed by atoms with E-state index < -0.39 is 6.10 Å². The minimum absolute atomic E-state index is 0.183. The van der Waals surface area contributed by atoms with Gasteiger partial charge in [-0.05, 0) is 49.3 Å². The van der Waals surface area contributed by atoms with Crippen LogP contribution in [0.3, 0.4) is 0 Å². The number of hydrogen-bond acceptors (Lipinski definition) is 2. The summed E-state index contributed by atoms with van der Waals surface area (Å²) in [7, 11) is 0. The van der Waals surface area contributed by atoms with Crippen LogP contribution >= 0.6 is 11.6 Å². The molecule has 0 aromatic heterocycles. The Labute approximate surface area is 119 Å². The average molecular weight is 281 g/mol. The molecule has 0 saturated heterocycles. The first kappa shape index (κ1) is 13.3. The molecule has 3 atom stereocenters. The molecule has 1 saturated carbocycles. The standard InChI is InChI=1S/C16H21ClO2/c1-10-5-11(2)8-16(7-10)9-14(18)13-6-12(17)3-4-15(13)19-16/h3-4,6,10-11,14,18H,5,7-9H2,1-2H3. The molecule has 1 fully saturated rings. The second kappa shape index (κ2) is 4.68. The summed E-state index contributed by atoms with van der Waals surface area (Å²) >= 11 is 6.00. The van der Waals surface area contributed by atoms with E-state index in [1.165, 1.54) is 6.42 Å². The van der Waals surface area contributed by atoms with Crippen molar-refractivity contribution in [1.29, 1.82) is 0 Å². The van der Waals surface area contributed by atoms with Gasteiger partial charge in [-0.1, -0.05) is 25.4 Å². The van der Waals surface area contributed by atoms with Crippen LogP contribution in [0.25, 0.3) is 0 Å². The summed E-state index contributed by atoms with van der Waals surface area (Å²) < 4.78 is 6.31. The van der Waals surface area contributed by atoms with Crippen LogP contribution in [0.2, 0.25) is 5.02 Å². The van der Waals surface area contributed by atoms with Crippen LogP contribution in [0, 0.1) is 11.8 Å². The quantitative estimate of drug-likeness (QED) is 0.765. The third-order valence-electron chi connectivity index (χ3n) is 4.47. The molecule has 0 radical (unpaired) electrons. The van der Waals surface area contributed by atoms with Crippen LogP contribution in [0.1, 0.15) is 51.2 Å². The third-order valence-corrected chi connectivity index (χ3v) is 4.70. The van der Waals surface area contributed by atoms with Crippen LogP contribution in [0.15, 0.2) is 18.2 Å². The zero-order valence-corrected chi connectivity index (χ0v) is 12.3. The van der Waals surface area contributed by atoms with E-state index in [-0.39, 0.29) is 5.60 Å². The normalized spacial score (nSPS) is 37.8. The predicted octanol–water partition coefficient (Wildman–Crippen LogP) is 4.35. The SMILES string of the molecule is CC1CC(C)CC2(C1)CC(O)c1cc(Cl)ccc1O2. The summed E-state index contributed by atoms with van der Waals surface area (Å²) in [6.07, 6.45) is 3.57. The maximum atomic E-state index is 10.4. The monoisotopic (exact) mass is 280 g/mol. The molecule has 1 aliphatic heterocycles. The van der Waals surface area contributed by atoms with E-state index >= 15 is 0 Å². The topological polar surface area (TPSA) is 29.5 Å². The summed E-state index contributed by atoms with van der Waals surface area (Å²) in [5.74, 6) is 2.12. The summed E-state index contributed by atoms with van der Waals surface area (Å²) in [5, 5.41) is 11.1. The van der Waals surface area contributed by atoms with Gasteiger partial charge in [0.25, 0.3) is 0 Å². The Morgan fingerprint density at radius 2 is 1.89 bits per heavy atom. The van der Waals surface area contributed by atoms with Gasteiger partial charge in [-0.15, -0.1) is 0 Å². The molecule has 1 heterocycles. The molecule has 1 aliphatic carbocycles. The molecular formula is C16H21ClO2. The molecule has 0 bridgehead atoms. The highest BCUT2D eigenvalue weighted by atomic mass is 35.5. The lowest BCUT2D eigenvalue weighted by Crippen LogP contribution is -2.46. The summed E-state index contributed by atoms with van der Waals surface area (Å²) in [5.41, 5.74) is 0.654. The molecule has 104 valence electrons. The molecule has 1 N–H and O–H groups in total. The molecule has 3 unspecified atom stereocenters. The van der Waals surface area contributed by atoms with Gasteiger partial charge >= 0.3 is 0 Å². The van der Waals surface area contributed by atoms with E-state index in [2.05, 4.69) is 13.8 Å². The van der Waals surface area contributed by atoms with Gasteiger partial charge in [0, 0.05) is 17.0 Å². The molecule has 3 rings (SSSR count). The van der Waals surface area contributed by atoms with Crippen molar-refractivity contribution in [2.24, 2.45) is 11.8 Å². The fraction of sp³-hybridized carbons (Fsp3) is 0.625. The van der Waals surface area contributed by atoms with E-state index in [1.807, 2.05) is 18.2 Å². The van der Waals surface area contributed by atoms with Crippen molar-refractivity contribution in [3.05, 3.63) is 28.8 Å². The second-order valence-corrected chi connectivity index (χ2v) is 6.98. The third kappa shape index (κ3) is 2.48. The summed E-state index contributed by atoms with van der Waals surface area (Å²) in [6, 6.07) is 5.55. The number of benzene rings is 1. The van der Waals surface area contributed by atoms with E-state index in [9.17, 15) is 5.11 Å². The van der Waals surface area contributed by atoms with Gasteiger partial charge in [-0.25, -0.2) is 0 Å². The van der Waals surface area contributed by atoms with Crippen molar-refractivity contribution < 1.29 is 9.84 Å². The molecule has 1 aromatic rings. The van der Waals surface area contributed by atoms with Crippen molar-refractivity contribution in [3.8, 4) is 5.75 Å². The minimum atomic E-state index is -0.458. The van der Waals surface area contributed by atoms with Crippen LogP contribution in [0.5, 0.6) is 5.75 Å². The zero-order valence-electron chi connectivity index (χ0n) is 11.5. The lowest BCUT2D eigenvalue weighted by atomic mass is 9.70. The number of rotatable bonds is 0. The van der Waals surface area contributed by atoms with Crippen LogP contribution in [0.4, 0.5) is 0 Å². The van der Waals surface area contributed by atoms with Crippen molar-refractivity contribution in [2.45, 2.75) is 51.2 Å². The number of halogens is 1. The number of ether oxygens (including phenoxy) is 1. The Morgan fingerprint density at radius 1 is 1.21 bits per heavy atom. The van der Waals surface area contributed by atoms with Crippen molar-refractivity contribution in [3.63, 3.8) is 0 Å². The van der Waals surface area contributed by atoms with Crippen molar-refractivity contribution >= 4 is 11.6 Å². The maximum absolute atomic E-state index is 10.4. The number of aliphatic hydroxyl groups is 1. The highest BCUT2D eigenvalue weighted by molar-refractivity contribution is 6.30. The van der Waals surface area contributed by atoms with Gasteiger partial charge in [-0.3, -0.25) is 0 Å². The van der Waals surface area contributed by atoms with Gasteiger partial charge in [0.15, 0.2) is 0 Å². The number of aliphatic hydroxyl groups excluding tert-OH is 1. The summed E-state index contributed by atoms with van der Waals surface area (Å²) in [4.78, 5) is 0. The lowest BCUT2D eigenvalue weighted by molar-refractivity contribution is -0.0623. The average Bonchev–Trinajstić information content (AvgIpc) is 2.28. The van der Waals surface area contributed by atoms with Gasteiger partial charge in [0.1, 0.15) is 11.4 Å². The van der Waals surface area contributed by atoms with E-state index in [0.29, 0.717) is 23.3 Å². The minimum Gasteiger partial charge on any atom is -0.487 e. The smallest absolute Gasteiger partial charge is 0.126 e. The van der Waals surface area contributed by atoms with Gasteiger partial charge in [0.05, 0.1) is 6.10 Å². The largest absolute Gasteiger partial charge is 0.487 e. The van der Waals surface area contributed by atoms with Crippen LogP contribution < -0.4 is 4.74 Å².